The molecule has 1 aliphatic heterocycles. The largest absolute Gasteiger partial charge is 0.506 e. The van der Waals surface area contributed by atoms with Crippen molar-refractivity contribution in [3.8, 4) is 11.5 Å². The van der Waals surface area contributed by atoms with Crippen molar-refractivity contribution in [1.82, 2.24) is 4.90 Å². The van der Waals surface area contributed by atoms with Crippen LogP contribution in [-0.4, -0.2) is 49.3 Å². The summed E-state index contributed by atoms with van der Waals surface area (Å²) in [7, 11) is 0. The van der Waals surface area contributed by atoms with Gasteiger partial charge in [-0.25, -0.2) is 0 Å². The zero-order chi connectivity index (χ0) is 15.2. The van der Waals surface area contributed by atoms with E-state index >= 15 is 0 Å². The normalized spacial score (nSPS) is 15.7. The molecule has 0 saturated carbocycles. The van der Waals surface area contributed by atoms with Gasteiger partial charge in [-0.05, 0) is 24.3 Å². The first kappa shape index (κ1) is 14.7. The molecular formula is C18H22N2O2. The molecule has 0 aliphatic carbocycles. The van der Waals surface area contributed by atoms with Crippen molar-refractivity contribution >= 4 is 5.69 Å². The van der Waals surface area contributed by atoms with Crippen molar-refractivity contribution in [2.75, 3.05) is 44.2 Å². The fourth-order valence-electron chi connectivity index (χ4n) is 2.75. The lowest BCUT2D eigenvalue weighted by atomic mass is 10.2. The second kappa shape index (κ2) is 7.18. The molecule has 1 aliphatic rings. The Kier molecular flexibility index (Phi) is 4.81. The molecule has 22 heavy (non-hydrogen) atoms. The minimum absolute atomic E-state index is 0.364. The molecule has 0 radical (unpaired) electrons. The number of ether oxygens (including phenoxy) is 1. The Morgan fingerprint density at radius 3 is 2.27 bits per heavy atom. The van der Waals surface area contributed by atoms with E-state index in [4.69, 9.17) is 4.74 Å². The summed E-state index contributed by atoms with van der Waals surface area (Å²) in [6.07, 6.45) is 0. The highest BCUT2D eigenvalue weighted by molar-refractivity contribution is 5.57. The molecule has 4 heteroatoms. The molecule has 0 atom stereocenters. The Balaban J connectivity index is 1.43. The van der Waals surface area contributed by atoms with E-state index in [-0.39, 0.29) is 0 Å². The summed E-state index contributed by atoms with van der Waals surface area (Å²) in [6, 6.07) is 17.5. The number of para-hydroxylation sites is 3. The SMILES string of the molecule is Oc1ccccc1N1CCN(CCOc2ccccc2)CC1. The number of aromatic hydroxyl groups is 1. The van der Waals surface area contributed by atoms with Gasteiger partial charge in [-0.3, -0.25) is 4.90 Å². The predicted molar refractivity (Wildman–Crippen MR) is 88.7 cm³/mol. The van der Waals surface area contributed by atoms with Gasteiger partial charge in [0.2, 0.25) is 0 Å². The molecule has 0 bridgehead atoms. The number of phenols is 1. The number of nitrogens with zero attached hydrogens (tertiary/aromatic N) is 2. The van der Waals surface area contributed by atoms with Gasteiger partial charge in [-0.2, -0.15) is 0 Å². The molecule has 0 spiro atoms. The first-order chi connectivity index (χ1) is 10.8. The summed E-state index contributed by atoms with van der Waals surface area (Å²) in [5, 5.41) is 9.92. The zero-order valence-corrected chi connectivity index (χ0v) is 12.7. The van der Waals surface area contributed by atoms with Crippen molar-refractivity contribution in [2.24, 2.45) is 0 Å². The number of anilines is 1. The second-order valence-corrected chi connectivity index (χ2v) is 5.48. The number of hydrogen-bond donors (Lipinski definition) is 1. The lowest BCUT2D eigenvalue weighted by molar-refractivity contribution is 0.200. The fraction of sp³-hybridized carbons (Fsp3) is 0.333. The Bertz CT molecular complexity index is 581. The standard InChI is InChI=1S/C18H22N2O2/c21-18-9-5-4-8-17(18)20-12-10-19(11-13-20)14-15-22-16-6-2-1-3-7-16/h1-9,21H,10-15H2. The Hall–Kier alpha value is -2.20. The van der Waals surface area contributed by atoms with E-state index in [1.807, 2.05) is 48.5 Å². The minimum Gasteiger partial charge on any atom is -0.506 e. The van der Waals surface area contributed by atoms with Gasteiger partial charge >= 0.3 is 0 Å². The summed E-state index contributed by atoms with van der Waals surface area (Å²) in [6.45, 7) is 5.49. The Labute approximate surface area is 131 Å². The van der Waals surface area contributed by atoms with Crippen LogP contribution in [0.3, 0.4) is 0 Å². The number of rotatable bonds is 5. The van der Waals surface area contributed by atoms with E-state index in [9.17, 15) is 5.11 Å². The molecule has 1 heterocycles. The van der Waals surface area contributed by atoms with Crippen molar-refractivity contribution in [1.29, 1.82) is 0 Å². The maximum Gasteiger partial charge on any atom is 0.138 e. The van der Waals surface area contributed by atoms with Crippen LogP contribution in [0.5, 0.6) is 11.5 Å². The quantitative estimate of drug-likeness (QED) is 0.920. The zero-order valence-electron chi connectivity index (χ0n) is 12.7. The van der Waals surface area contributed by atoms with Gasteiger partial charge in [-0.1, -0.05) is 30.3 Å². The summed E-state index contributed by atoms with van der Waals surface area (Å²) >= 11 is 0. The molecule has 1 N–H and O–H groups in total. The number of benzene rings is 2. The smallest absolute Gasteiger partial charge is 0.138 e. The van der Waals surface area contributed by atoms with Crippen LogP contribution in [-0.2, 0) is 0 Å². The van der Waals surface area contributed by atoms with Gasteiger partial charge in [0.05, 0.1) is 5.69 Å². The number of phenolic OH excluding ortho intramolecular Hbond substituents is 1. The summed E-state index contributed by atoms with van der Waals surface area (Å²) < 4.78 is 5.74. The molecule has 4 nitrogen and oxygen atoms in total. The molecule has 0 amide bonds. The minimum atomic E-state index is 0.364. The Morgan fingerprint density at radius 2 is 1.55 bits per heavy atom. The molecule has 2 aromatic rings. The Morgan fingerprint density at radius 1 is 0.864 bits per heavy atom. The van der Waals surface area contributed by atoms with Crippen LogP contribution in [0.15, 0.2) is 54.6 Å². The third-order valence-electron chi connectivity index (χ3n) is 4.01. The van der Waals surface area contributed by atoms with E-state index in [1.165, 1.54) is 0 Å². The van der Waals surface area contributed by atoms with E-state index in [2.05, 4.69) is 9.80 Å². The van der Waals surface area contributed by atoms with Crippen LogP contribution >= 0.6 is 0 Å². The van der Waals surface area contributed by atoms with Crippen molar-refractivity contribution < 1.29 is 9.84 Å². The van der Waals surface area contributed by atoms with Crippen LogP contribution in [0, 0.1) is 0 Å². The van der Waals surface area contributed by atoms with E-state index in [1.54, 1.807) is 6.07 Å². The van der Waals surface area contributed by atoms with Crippen LogP contribution in [0.25, 0.3) is 0 Å². The van der Waals surface area contributed by atoms with E-state index in [0.717, 1.165) is 44.2 Å². The van der Waals surface area contributed by atoms with Crippen molar-refractivity contribution in [2.45, 2.75) is 0 Å². The summed E-state index contributed by atoms with van der Waals surface area (Å²) in [5.41, 5.74) is 0.933. The lowest BCUT2D eigenvalue weighted by Crippen LogP contribution is -2.47. The average molecular weight is 298 g/mol. The highest BCUT2D eigenvalue weighted by atomic mass is 16.5. The van der Waals surface area contributed by atoms with Crippen LogP contribution in [0.2, 0.25) is 0 Å². The topological polar surface area (TPSA) is 35.9 Å². The van der Waals surface area contributed by atoms with Crippen molar-refractivity contribution in [3.63, 3.8) is 0 Å². The molecule has 0 aromatic heterocycles. The number of piperazine rings is 1. The van der Waals surface area contributed by atoms with E-state index < -0.39 is 0 Å². The highest BCUT2D eigenvalue weighted by Crippen LogP contribution is 2.27. The van der Waals surface area contributed by atoms with Crippen molar-refractivity contribution in [3.05, 3.63) is 54.6 Å². The second-order valence-electron chi connectivity index (χ2n) is 5.48. The molecule has 3 rings (SSSR count). The highest BCUT2D eigenvalue weighted by Gasteiger charge is 2.18. The molecule has 1 fully saturated rings. The van der Waals surface area contributed by atoms with Gasteiger partial charge in [0.15, 0.2) is 0 Å². The molecule has 0 unspecified atom stereocenters. The molecule has 116 valence electrons. The summed E-state index contributed by atoms with van der Waals surface area (Å²) in [5.74, 6) is 1.29. The average Bonchev–Trinajstić information content (AvgIpc) is 2.57. The van der Waals surface area contributed by atoms with Crippen LogP contribution in [0.1, 0.15) is 0 Å². The molecule has 1 saturated heterocycles. The third kappa shape index (κ3) is 3.71. The monoisotopic (exact) mass is 298 g/mol. The predicted octanol–water partition coefficient (Wildman–Crippen LogP) is 2.59. The first-order valence-electron chi connectivity index (χ1n) is 7.76. The van der Waals surface area contributed by atoms with Gasteiger partial charge in [0.25, 0.3) is 0 Å². The molecular weight excluding hydrogens is 276 g/mol. The summed E-state index contributed by atoms with van der Waals surface area (Å²) in [4.78, 5) is 4.64. The third-order valence-corrected chi connectivity index (χ3v) is 4.01. The molecule has 2 aromatic carbocycles. The fourth-order valence-corrected chi connectivity index (χ4v) is 2.75. The van der Waals surface area contributed by atoms with Gasteiger partial charge in [0.1, 0.15) is 18.1 Å². The maximum atomic E-state index is 9.92. The lowest BCUT2D eigenvalue weighted by Gasteiger charge is -2.36. The van der Waals surface area contributed by atoms with Gasteiger partial charge in [-0.15, -0.1) is 0 Å². The number of hydrogen-bond acceptors (Lipinski definition) is 4. The van der Waals surface area contributed by atoms with Crippen LogP contribution in [0.4, 0.5) is 5.69 Å². The van der Waals surface area contributed by atoms with Crippen LogP contribution < -0.4 is 9.64 Å². The van der Waals surface area contributed by atoms with Gasteiger partial charge < -0.3 is 14.7 Å². The first-order valence-corrected chi connectivity index (χ1v) is 7.76. The van der Waals surface area contributed by atoms with E-state index in [0.29, 0.717) is 12.4 Å². The van der Waals surface area contributed by atoms with Gasteiger partial charge in [0, 0.05) is 32.7 Å². The maximum absolute atomic E-state index is 9.92.